The van der Waals surface area contributed by atoms with E-state index in [2.05, 4.69) is 21.2 Å². The number of carbonyl (C=O) groups is 2. The molecule has 1 aromatic rings. The minimum absolute atomic E-state index is 0.197. The van der Waals surface area contributed by atoms with E-state index in [0.717, 1.165) is 0 Å². The average Bonchev–Trinajstić information content (AvgIpc) is 2.89. The molecule has 0 aromatic heterocycles. The first-order valence-corrected chi connectivity index (χ1v) is 7.37. The third-order valence-electron chi connectivity index (χ3n) is 3.10. The molecule has 0 radical (unpaired) electrons. The Bertz CT molecular complexity index is 568. The maximum atomic E-state index is 12.0. The monoisotopic (exact) mass is 380 g/mol. The molecule has 20 heavy (non-hydrogen) atoms. The molecule has 0 spiro atoms. The van der Waals surface area contributed by atoms with Crippen molar-refractivity contribution in [1.29, 1.82) is 0 Å². The number of carboxylic acid groups (broad SMARTS) is 1. The normalized spacial score (nSPS) is 18.1. The van der Waals surface area contributed by atoms with Gasteiger partial charge in [-0.15, -0.1) is 0 Å². The molecule has 2 N–H and O–H groups in total. The van der Waals surface area contributed by atoms with E-state index in [1.165, 1.54) is 4.90 Å². The van der Waals surface area contributed by atoms with Crippen LogP contribution < -0.4 is 5.32 Å². The first kappa shape index (κ1) is 15.4. The molecule has 5 nitrogen and oxygen atoms in total. The Morgan fingerprint density at radius 1 is 1.35 bits per heavy atom. The van der Waals surface area contributed by atoms with E-state index >= 15 is 0 Å². The molecular formula is C12H11BrCl2N2O3. The van der Waals surface area contributed by atoms with E-state index in [0.29, 0.717) is 28.1 Å². The molecule has 1 saturated heterocycles. The van der Waals surface area contributed by atoms with Crippen molar-refractivity contribution in [2.45, 2.75) is 6.42 Å². The van der Waals surface area contributed by atoms with Crippen molar-refractivity contribution in [2.24, 2.45) is 5.92 Å². The van der Waals surface area contributed by atoms with Gasteiger partial charge in [0.25, 0.3) is 0 Å². The number of aliphatic carboxylic acids is 1. The number of carboxylic acids is 1. The molecule has 1 heterocycles. The quantitative estimate of drug-likeness (QED) is 0.767. The summed E-state index contributed by atoms with van der Waals surface area (Å²) in [6.45, 7) is 0.605. The second kappa shape index (κ2) is 6.20. The Kier molecular flexibility index (Phi) is 4.78. The predicted molar refractivity (Wildman–Crippen MR) is 80.5 cm³/mol. The van der Waals surface area contributed by atoms with Gasteiger partial charge < -0.3 is 15.3 Å². The number of benzene rings is 1. The second-order valence-electron chi connectivity index (χ2n) is 4.42. The molecule has 1 aliphatic rings. The number of hydrogen-bond acceptors (Lipinski definition) is 2. The van der Waals surface area contributed by atoms with Gasteiger partial charge in [0.05, 0.1) is 21.7 Å². The van der Waals surface area contributed by atoms with Gasteiger partial charge in [0.15, 0.2) is 0 Å². The number of nitrogens with zero attached hydrogens (tertiary/aromatic N) is 1. The van der Waals surface area contributed by atoms with Crippen LogP contribution in [0.3, 0.4) is 0 Å². The zero-order chi connectivity index (χ0) is 14.9. The summed E-state index contributed by atoms with van der Waals surface area (Å²) in [4.78, 5) is 24.4. The Hall–Kier alpha value is -0.980. The molecule has 2 amide bonds. The van der Waals surface area contributed by atoms with Crippen LogP contribution in [0.2, 0.25) is 10.0 Å². The fraction of sp³-hybridized carbons (Fsp3) is 0.333. The van der Waals surface area contributed by atoms with Crippen LogP contribution in [-0.4, -0.2) is 35.1 Å². The maximum absolute atomic E-state index is 12.0. The number of hydrogen-bond donors (Lipinski definition) is 2. The number of carbonyl (C=O) groups excluding carboxylic acids is 1. The van der Waals surface area contributed by atoms with E-state index in [1.807, 2.05) is 0 Å². The number of nitrogens with one attached hydrogen (secondary N) is 1. The maximum Gasteiger partial charge on any atom is 0.321 e. The molecule has 1 aromatic carbocycles. The van der Waals surface area contributed by atoms with Crippen molar-refractivity contribution in [3.8, 4) is 0 Å². The number of anilines is 1. The first-order chi connectivity index (χ1) is 9.40. The Labute approximate surface area is 134 Å². The zero-order valence-corrected chi connectivity index (χ0v) is 13.3. The van der Waals surface area contributed by atoms with Gasteiger partial charge >= 0.3 is 12.0 Å². The highest BCUT2D eigenvalue weighted by Gasteiger charge is 2.31. The smallest absolute Gasteiger partial charge is 0.321 e. The lowest BCUT2D eigenvalue weighted by Crippen LogP contribution is -2.33. The van der Waals surface area contributed by atoms with Gasteiger partial charge in [-0.3, -0.25) is 4.79 Å². The molecule has 1 unspecified atom stereocenters. The van der Waals surface area contributed by atoms with Gasteiger partial charge in [-0.2, -0.15) is 0 Å². The highest BCUT2D eigenvalue weighted by atomic mass is 79.9. The topological polar surface area (TPSA) is 69.6 Å². The highest BCUT2D eigenvalue weighted by Crippen LogP contribution is 2.36. The number of urea groups is 1. The lowest BCUT2D eigenvalue weighted by atomic mass is 10.1. The van der Waals surface area contributed by atoms with Crippen molar-refractivity contribution in [3.05, 3.63) is 26.7 Å². The van der Waals surface area contributed by atoms with Crippen molar-refractivity contribution in [2.75, 3.05) is 18.4 Å². The molecule has 0 bridgehead atoms. The standard InChI is InChI=1S/C12H11BrCl2N2O3/c13-7-1-2-8(10(15)9(7)14)16-12(20)17-4-3-6(5-17)11(18)19/h1-2,6H,3-5H2,(H,16,20)(H,18,19). The Morgan fingerprint density at radius 2 is 2.05 bits per heavy atom. The van der Waals surface area contributed by atoms with Crippen LogP contribution in [0, 0.1) is 5.92 Å². The van der Waals surface area contributed by atoms with Crippen LogP contribution in [-0.2, 0) is 4.79 Å². The third-order valence-corrected chi connectivity index (χ3v) is 4.87. The molecule has 0 aliphatic carbocycles. The van der Waals surface area contributed by atoms with Crippen LogP contribution in [0.15, 0.2) is 16.6 Å². The summed E-state index contributed by atoms with van der Waals surface area (Å²) in [5.74, 6) is -1.39. The fourth-order valence-corrected chi connectivity index (χ4v) is 2.78. The number of amides is 2. The highest BCUT2D eigenvalue weighted by molar-refractivity contribution is 9.10. The summed E-state index contributed by atoms with van der Waals surface area (Å²) in [6.07, 6.45) is 0.456. The number of rotatable bonds is 2. The van der Waals surface area contributed by atoms with Gasteiger partial charge in [-0.05, 0) is 34.5 Å². The summed E-state index contributed by atoms with van der Waals surface area (Å²) in [6, 6.07) is 2.92. The molecule has 1 fully saturated rings. The van der Waals surface area contributed by atoms with Gasteiger partial charge in [0.1, 0.15) is 0 Å². The molecule has 2 rings (SSSR count). The summed E-state index contributed by atoms with van der Waals surface area (Å²) >= 11 is 15.2. The Balaban J connectivity index is 2.06. The summed E-state index contributed by atoms with van der Waals surface area (Å²) in [5, 5.41) is 12.1. The molecule has 0 saturated carbocycles. The van der Waals surface area contributed by atoms with Gasteiger partial charge in [-0.1, -0.05) is 23.2 Å². The molecule has 8 heteroatoms. The average molecular weight is 382 g/mol. The fourth-order valence-electron chi connectivity index (χ4n) is 1.96. The minimum atomic E-state index is -0.884. The van der Waals surface area contributed by atoms with E-state index in [4.69, 9.17) is 28.3 Å². The van der Waals surface area contributed by atoms with E-state index in [-0.39, 0.29) is 17.6 Å². The van der Waals surface area contributed by atoms with E-state index in [1.54, 1.807) is 12.1 Å². The van der Waals surface area contributed by atoms with Gasteiger partial charge in [0, 0.05) is 17.6 Å². The predicted octanol–water partition coefficient (Wildman–Crippen LogP) is 3.69. The second-order valence-corrected chi connectivity index (χ2v) is 6.03. The largest absolute Gasteiger partial charge is 0.481 e. The van der Waals surface area contributed by atoms with Crippen LogP contribution in [0.4, 0.5) is 10.5 Å². The van der Waals surface area contributed by atoms with Crippen molar-refractivity contribution >= 4 is 56.8 Å². The van der Waals surface area contributed by atoms with E-state index < -0.39 is 11.9 Å². The molecule has 108 valence electrons. The van der Waals surface area contributed by atoms with Gasteiger partial charge in [0.2, 0.25) is 0 Å². The van der Waals surface area contributed by atoms with Crippen LogP contribution in [0.5, 0.6) is 0 Å². The minimum Gasteiger partial charge on any atom is -0.481 e. The molecule has 1 aliphatic heterocycles. The number of likely N-dealkylation sites (tertiary alicyclic amines) is 1. The van der Waals surface area contributed by atoms with Crippen LogP contribution in [0.1, 0.15) is 6.42 Å². The summed E-state index contributed by atoms with van der Waals surface area (Å²) in [5.41, 5.74) is 0.392. The summed E-state index contributed by atoms with van der Waals surface area (Å²) in [7, 11) is 0. The van der Waals surface area contributed by atoms with Crippen LogP contribution >= 0.6 is 39.1 Å². The van der Waals surface area contributed by atoms with Crippen LogP contribution in [0.25, 0.3) is 0 Å². The van der Waals surface area contributed by atoms with Crippen molar-refractivity contribution in [1.82, 2.24) is 4.90 Å². The lowest BCUT2D eigenvalue weighted by Gasteiger charge is -2.17. The first-order valence-electron chi connectivity index (χ1n) is 5.82. The zero-order valence-electron chi connectivity index (χ0n) is 10.2. The summed E-state index contributed by atoms with van der Waals surface area (Å²) < 4.78 is 0.634. The van der Waals surface area contributed by atoms with Gasteiger partial charge in [-0.25, -0.2) is 4.79 Å². The van der Waals surface area contributed by atoms with Crippen molar-refractivity contribution < 1.29 is 14.7 Å². The van der Waals surface area contributed by atoms with Crippen molar-refractivity contribution in [3.63, 3.8) is 0 Å². The SMILES string of the molecule is O=C(O)C1CCN(C(=O)Nc2ccc(Br)c(Cl)c2Cl)C1. The third kappa shape index (κ3) is 3.19. The number of halogens is 3. The molecule has 1 atom stereocenters. The van der Waals surface area contributed by atoms with E-state index in [9.17, 15) is 9.59 Å². The Morgan fingerprint density at radius 3 is 2.65 bits per heavy atom. The lowest BCUT2D eigenvalue weighted by molar-refractivity contribution is -0.141. The molecular weight excluding hydrogens is 371 g/mol.